The third-order valence-electron chi connectivity index (χ3n) is 1.88. The maximum atomic E-state index is 10.6. The summed E-state index contributed by atoms with van der Waals surface area (Å²) in [6.45, 7) is 0. The van der Waals surface area contributed by atoms with Gasteiger partial charge >= 0.3 is 5.82 Å². The molecule has 76 valence electrons. The Balaban J connectivity index is 2.85. The monoisotopic (exact) mass is 208 g/mol. The number of fused-ring (bicyclic) bond motifs is 1. The predicted molar refractivity (Wildman–Crippen MR) is 48.8 cm³/mol. The van der Waals surface area contributed by atoms with E-state index in [9.17, 15) is 20.2 Å². The van der Waals surface area contributed by atoms with Crippen LogP contribution in [0.25, 0.3) is 10.9 Å². The smallest absolute Gasteiger partial charge is 0.358 e. The fourth-order valence-corrected chi connectivity index (χ4v) is 1.29. The molecule has 0 spiro atoms. The van der Waals surface area contributed by atoms with Gasteiger partial charge in [0.25, 0.3) is 0 Å². The third kappa shape index (κ3) is 1.27. The third-order valence-corrected chi connectivity index (χ3v) is 1.88. The SMILES string of the molecule is O=[N+]([O-])c1nn([N+](=O)[O-])c2ccccc12. The zero-order valence-electron chi connectivity index (χ0n) is 7.23. The molecule has 0 amide bonds. The van der Waals surface area contributed by atoms with E-state index >= 15 is 0 Å². The van der Waals surface area contributed by atoms with Crippen molar-refractivity contribution in [3.63, 3.8) is 0 Å². The molecule has 0 saturated heterocycles. The predicted octanol–water partition coefficient (Wildman–Crippen LogP) is 0.984. The van der Waals surface area contributed by atoms with E-state index in [1.54, 1.807) is 12.1 Å². The van der Waals surface area contributed by atoms with Gasteiger partial charge in [0.05, 0.1) is 5.03 Å². The van der Waals surface area contributed by atoms with Crippen LogP contribution in [0.4, 0.5) is 5.82 Å². The zero-order valence-corrected chi connectivity index (χ0v) is 7.23. The van der Waals surface area contributed by atoms with Crippen molar-refractivity contribution in [2.24, 2.45) is 0 Å². The minimum Gasteiger partial charge on any atom is -0.358 e. The van der Waals surface area contributed by atoms with Crippen LogP contribution in [0.2, 0.25) is 0 Å². The lowest BCUT2D eigenvalue weighted by atomic mass is 10.2. The fourth-order valence-electron chi connectivity index (χ4n) is 1.29. The highest BCUT2D eigenvalue weighted by atomic mass is 16.7. The maximum Gasteiger partial charge on any atom is 0.402 e. The molecule has 0 unspecified atom stereocenters. The molecule has 0 atom stereocenters. The average molecular weight is 208 g/mol. The maximum absolute atomic E-state index is 10.6. The molecule has 1 aromatic carbocycles. The molecule has 0 bridgehead atoms. The van der Waals surface area contributed by atoms with E-state index < -0.39 is 15.8 Å². The second kappa shape index (κ2) is 3.01. The van der Waals surface area contributed by atoms with E-state index in [1.807, 2.05) is 0 Å². The normalized spacial score (nSPS) is 10.4. The molecule has 1 aromatic heterocycles. The molecule has 0 saturated carbocycles. The van der Waals surface area contributed by atoms with Crippen molar-refractivity contribution < 1.29 is 9.96 Å². The van der Waals surface area contributed by atoms with Crippen LogP contribution in [0.5, 0.6) is 0 Å². The van der Waals surface area contributed by atoms with Gasteiger partial charge in [-0.2, -0.15) is 0 Å². The minimum absolute atomic E-state index is 0.106. The Hall–Kier alpha value is -2.51. The van der Waals surface area contributed by atoms with Crippen molar-refractivity contribution >= 4 is 16.7 Å². The van der Waals surface area contributed by atoms with Crippen LogP contribution >= 0.6 is 0 Å². The molecule has 0 aliphatic heterocycles. The number of rotatable bonds is 2. The first-order valence-electron chi connectivity index (χ1n) is 3.88. The first-order valence-corrected chi connectivity index (χ1v) is 3.88. The number of hydrogen-bond acceptors (Lipinski definition) is 5. The number of hydrogen-bond donors (Lipinski definition) is 0. The van der Waals surface area contributed by atoms with E-state index in [-0.39, 0.29) is 10.9 Å². The van der Waals surface area contributed by atoms with Gasteiger partial charge in [-0.15, -0.1) is 0 Å². The molecule has 0 aliphatic rings. The molecule has 15 heavy (non-hydrogen) atoms. The first kappa shape index (κ1) is 9.06. The molecule has 0 fully saturated rings. The highest BCUT2D eigenvalue weighted by Gasteiger charge is 2.23. The molecule has 0 aliphatic carbocycles. The van der Waals surface area contributed by atoms with Crippen molar-refractivity contribution in [3.05, 3.63) is 44.5 Å². The molecular weight excluding hydrogens is 204 g/mol. The Morgan fingerprint density at radius 3 is 2.47 bits per heavy atom. The number of nitro groups is 2. The lowest BCUT2D eigenvalue weighted by Gasteiger charge is -1.91. The Bertz CT molecular complexity index is 513. The van der Waals surface area contributed by atoms with Gasteiger partial charge in [-0.25, -0.2) is 0 Å². The van der Waals surface area contributed by atoms with E-state index in [1.165, 1.54) is 12.1 Å². The van der Waals surface area contributed by atoms with E-state index in [0.29, 0.717) is 4.79 Å². The zero-order chi connectivity index (χ0) is 11.0. The summed E-state index contributed by atoms with van der Waals surface area (Å²) in [6, 6.07) is 5.92. The van der Waals surface area contributed by atoms with Crippen molar-refractivity contribution in [3.8, 4) is 0 Å². The topological polar surface area (TPSA) is 104 Å². The quantitative estimate of drug-likeness (QED) is 0.540. The van der Waals surface area contributed by atoms with Gasteiger partial charge in [0.15, 0.2) is 0 Å². The summed E-state index contributed by atoms with van der Waals surface area (Å²) in [6.07, 6.45) is 0. The van der Waals surface area contributed by atoms with E-state index in [2.05, 4.69) is 5.10 Å². The highest BCUT2D eigenvalue weighted by molar-refractivity contribution is 5.86. The fraction of sp³-hybridized carbons (Fsp3) is 0. The molecule has 1 heterocycles. The van der Waals surface area contributed by atoms with Crippen molar-refractivity contribution in [2.45, 2.75) is 0 Å². The van der Waals surface area contributed by atoms with Crippen LogP contribution < -0.4 is 0 Å². The Labute approximate surface area is 82.0 Å². The molecule has 0 radical (unpaired) electrons. The van der Waals surface area contributed by atoms with Gasteiger partial charge in [0.2, 0.25) is 0 Å². The number of para-hydroxylation sites is 1. The molecular formula is C7H4N4O4. The lowest BCUT2D eigenvalue weighted by Crippen LogP contribution is -2.10. The van der Waals surface area contributed by atoms with E-state index in [4.69, 9.17) is 0 Å². The molecule has 8 heteroatoms. The summed E-state index contributed by atoms with van der Waals surface area (Å²) in [5, 5.41) is 23.7. The average Bonchev–Trinajstić information content (AvgIpc) is 2.56. The molecule has 2 aromatic rings. The number of aromatic nitrogens is 2. The summed E-state index contributed by atoms with van der Waals surface area (Å²) < 4.78 is 0. The Morgan fingerprint density at radius 1 is 1.20 bits per heavy atom. The second-order valence-corrected chi connectivity index (χ2v) is 2.73. The van der Waals surface area contributed by atoms with Crippen LogP contribution in [0.1, 0.15) is 0 Å². The summed E-state index contributed by atoms with van der Waals surface area (Å²) in [7, 11) is 0. The van der Waals surface area contributed by atoms with Crippen molar-refractivity contribution in [1.29, 1.82) is 0 Å². The Kier molecular flexibility index (Phi) is 1.82. The van der Waals surface area contributed by atoms with Crippen LogP contribution in [-0.2, 0) is 0 Å². The minimum atomic E-state index is -0.810. The molecule has 8 nitrogen and oxygen atoms in total. The van der Waals surface area contributed by atoms with Gasteiger partial charge in [-0.1, -0.05) is 12.1 Å². The number of nitrogens with zero attached hydrogens (tertiary/aromatic N) is 4. The van der Waals surface area contributed by atoms with Crippen LogP contribution in [0.15, 0.2) is 24.3 Å². The summed E-state index contributed by atoms with van der Waals surface area (Å²) in [4.78, 5) is 20.7. The highest BCUT2D eigenvalue weighted by Crippen LogP contribution is 2.23. The first-order chi connectivity index (χ1) is 7.11. The summed E-state index contributed by atoms with van der Waals surface area (Å²) in [5.41, 5.74) is 0.106. The summed E-state index contributed by atoms with van der Waals surface area (Å²) in [5.74, 6) is -0.512. The van der Waals surface area contributed by atoms with E-state index in [0.717, 1.165) is 0 Å². The number of benzene rings is 1. The molecule has 2 rings (SSSR count). The standard InChI is InChI=1S/C7H4N4O4/c12-10(13)7-5-3-1-2-4-6(5)9(8-7)11(14)15/h1-4H. The van der Waals surface area contributed by atoms with Crippen LogP contribution in [-0.4, -0.2) is 19.8 Å². The summed E-state index contributed by atoms with van der Waals surface area (Å²) >= 11 is 0. The Morgan fingerprint density at radius 2 is 1.87 bits per heavy atom. The largest absolute Gasteiger partial charge is 0.402 e. The van der Waals surface area contributed by atoms with Gasteiger partial charge in [0.1, 0.15) is 16.0 Å². The lowest BCUT2D eigenvalue weighted by molar-refractivity contribution is -0.549. The van der Waals surface area contributed by atoms with Gasteiger partial charge < -0.3 is 20.2 Å². The van der Waals surface area contributed by atoms with Crippen LogP contribution in [0, 0.1) is 20.2 Å². The van der Waals surface area contributed by atoms with Gasteiger partial charge in [-0.3, -0.25) is 0 Å². The van der Waals surface area contributed by atoms with Crippen molar-refractivity contribution in [2.75, 3.05) is 0 Å². The molecule has 0 N–H and O–H groups in total. The van der Waals surface area contributed by atoms with Gasteiger partial charge in [-0.05, 0) is 17.1 Å². The van der Waals surface area contributed by atoms with Crippen molar-refractivity contribution in [1.82, 2.24) is 9.89 Å². The van der Waals surface area contributed by atoms with Gasteiger partial charge in [0, 0.05) is 4.79 Å². The second-order valence-electron chi connectivity index (χ2n) is 2.73. The van der Waals surface area contributed by atoms with Crippen LogP contribution in [0.3, 0.4) is 0 Å².